The molecule has 1 aromatic heterocycles. The average Bonchev–Trinajstić information content (AvgIpc) is 2.88. The minimum Gasteiger partial charge on any atom is -0.472 e. The highest BCUT2D eigenvalue weighted by Gasteiger charge is 2.23. The number of benzene rings is 2. The van der Waals surface area contributed by atoms with E-state index in [1.54, 1.807) is 36.1 Å². The van der Waals surface area contributed by atoms with Crippen LogP contribution in [0.25, 0.3) is 0 Å². The lowest BCUT2D eigenvalue weighted by atomic mass is 10.1. The monoisotopic (exact) mass is 575 g/mol. The van der Waals surface area contributed by atoms with E-state index in [-0.39, 0.29) is 35.0 Å². The van der Waals surface area contributed by atoms with Gasteiger partial charge in [0.25, 0.3) is 11.5 Å². The summed E-state index contributed by atoms with van der Waals surface area (Å²) in [5, 5.41) is 0. The van der Waals surface area contributed by atoms with Gasteiger partial charge in [0.05, 0.1) is 6.54 Å². The fourth-order valence-corrected chi connectivity index (χ4v) is 4.34. The SMILES string of the molecule is Cc1nc(OCc2ccc(F)cc2F)c(Br)c(=O)n1Cc1ccc(C(=O)N2CCN(C(N)=O)CC2)cc1. The number of carbonyl (C=O) groups excluding carboxylic acids is 2. The van der Waals surface area contributed by atoms with E-state index in [2.05, 4.69) is 20.9 Å². The summed E-state index contributed by atoms with van der Waals surface area (Å²) < 4.78 is 34.0. The maximum Gasteiger partial charge on any atom is 0.314 e. The van der Waals surface area contributed by atoms with Crippen LogP contribution in [0, 0.1) is 18.6 Å². The van der Waals surface area contributed by atoms with Gasteiger partial charge < -0.3 is 20.3 Å². The molecule has 0 radical (unpaired) electrons. The Balaban J connectivity index is 1.43. The number of nitrogens with zero attached hydrogens (tertiary/aromatic N) is 4. The van der Waals surface area contributed by atoms with Crippen molar-refractivity contribution in [2.24, 2.45) is 5.73 Å². The van der Waals surface area contributed by atoms with Crippen molar-refractivity contribution in [1.82, 2.24) is 19.4 Å². The highest BCUT2D eigenvalue weighted by molar-refractivity contribution is 9.10. The van der Waals surface area contributed by atoms with Gasteiger partial charge in [0.15, 0.2) is 0 Å². The van der Waals surface area contributed by atoms with Gasteiger partial charge in [0, 0.05) is 43.4 Å². The predicted octanol–water partition coefficient (Wildman–Crippen LogP) is 3.06. The van der Waals surface area contributed by atoms with Gasteiger partial charge in [-0.1, -0.05) is 12.1 Å². The number of amides is 3. The molecule has 3 aromatic rings. The smallest absolute Gasteiger partial charge is 0.314 e. The number of piperazine rings is 1. The number of aromatic nitrogens is 2. The Morgan fingerprint density at radius 2 is 1.70 bits per heavy atom. The first-order valence-electron chi connectivity index (χ1n) is 11.4. The molecule has 9 nitrogen and oxygen atoms in total. The van der Waals surface area contributed by atoms with E-state index in [0.29, 0.717) is 37.6 Å². The Labute approximate surface area is 219 Å². The fraction of sp³-hybridized carbons (Fsp3) is 0.280. The number of nitrogens with two attached hydrogens (primary N) is 1. The minimum absolute atomic E-state index is 0.000137. The van der Waals surface area contributed by atoms with Crippen molar-refractivity contribution in [1.29, 1.82) is 0 Å². The molecular formula is C25H24BrF2N5O4. The number of hydrogen-bond donors (Lipinski definition) is 1. The Bertz CT molecular complexity index is 1390. The van der Waals surface area contributed by atoms with Gasteiger partial charge in [-0.3, -0.25) is 14.2 Å². The third-order valence-corrected chi connectivity index (χ3v) is 6.75. The summed E-state index contributed by atoms with van der Waals surface area (Å²) in [6, 6.07) is 9.55. The molecule has 0 bridgehead atoms. The summed E-state index contributed by atoms with van der Waals surface area (Å²) in [6.07, 6.45) is 0. The van der Waals surface area contributed by atoms with Crippen LogP contribution in [0.15, 0.2) is 51.7 Å². The number of halogens is 3. The normalized spacial score (nSPS) is 13.5. The lowest BCUT2D eigenvalue weighted by Gasteiger charge is -2.33. The van der Waals surface area contributed by atoms with Crippen LogP contribution < -0.4 is 16.0 Å². The summed E-state index contributed by atoms with van der Waals surface area (Å²) in [5.74, 6) is -1.22. The van der Waals surface area contributed by atoms with Crippen LogP contribution in [-0.4, -0.2) is 57.5 Å². The Morgan fingerprint density at radius 3 is 2.32 bits per heavy atom. The number of hydrogen-bond acceptors (Lipinski definition) is 5. The van der Waals surface area contributed by atoms with Crippen molar-refractivity contribution in [2.75, 3.05) is 26.2 Å². The molecule has 0 aliphatic carbocycles. The number of urea groups is 1. The molecule has 1 aliphatic rings. The summed E-state index contributed by atoms with van der Waals surface area (Å²) in [4.78, 5) is 44.5. The third kappa shape index (κ3) is 5.96. The highest BCUT2D eigenvalue weighted by Crippen LogP contribution is 2.21. The van der Waals surface area contributed by atoms with Crippen LogP contribution in [0.2, 0.25) is 0 Å². The van der Waals surface area contributed by atoms with E-state index in [4.69, 9.17) is 10.5 Å². The van der Waals surface area contributed by atoms with Crippen molar-refractivity contribution in [3.8, 4) is 5.88 Å². The molecule has 0 atom stereocenters. The van der Waals surface area contributed by atoms with Crippen LogP contribution in [-0.2, 0) is 13.2 Å². The zero-order chi connectivity index (χ0) is 26.7. The summed E-state index contributed by atoms with van der Waals surface area (Å²) in [7, 11) is 0. The van der Waals surface area contributed by atoms with Gasteiger partial charge >= 0.3 is 6.03 Å². The lowest BCUT2D eigenvalue weighted by molar-refractivity contribution is 0.0669. The molecule has 1 fully saturated rings. The molecule has 1 saturated heterocycles. The first kappa shape index (κ1) is 26.3. The summed E-state index contributed by atoms with van der Waals surface area (Å²) in [6.45, 7) is 3.20. The van der Waals surface area contributed by atoms with Gasteiger partial charge in [-0.25, -0.2) is 13.6 Å². The van der Waals surface area contributed by atoms with Crippen molar-refractivity contribution in [3.63, 3.8) is 0 Å². The highest BCUT2D eigenvalue weighted by atomic mass is 79.9. The molecule has 0 saturated carbocycles. The maximum absolute atomic E-state index is 13.9. The number of carbonyl (C=O) groups is 2. The van der Waals surface area contributed by atoms with Crippen LogP contribution >= 0.6 is 15.9 Å². The lowest BCUT2D eigenvalue weighted by Crippen LogP contribution is -2.52. The van der Waals surface area contributed by atoms with Gasteiger partial charge in [-0.05, 0) is 52.7 Å². The number of aryl methyl sites for hydroxylation is 1. The molecule has 3 amide bonds. The van der Waals surface area contributed by atoms with Crippen molar-refractivity contribution < 1.29 is 23.1 Å². The van der Waals surface area contributed by atoms with E-state index < -0.39 is 23.2 Å². The van der Waals surface area contributed by atoms with Crippen LogP contribution in [0.1, 0.15) is 27.3 Å². The zero-order valence-corrected chi connectivity index (χ0v) is 21.5. The molecule has 1 aliphatic heterocycles. The second-order valence-corrected chi connectivity index (χ2v) is 9.30. The molecular weight excluding hydrogens is 552 g/mol. The van der Waals surface area contributed by atoms with Crippen LogP contribution in [0.5, 0.6) is 5.88 Å². The third-order valence-electron chi connectivity index (χ3n) is 6.07. The van der Waals surface area contributed by atoms with Crippen molar-refractivity contribution in [3.05, 3.63) is 91.4 Å². The van der Waals surface area contributed by atoms with Gasteiger partial charge in [-0.15, -0.1) is 0 Å². The zero-order valence-electron chi connectivity index (χ0n) is 19.9. The molecule has 37 heavy (non-hydrogen) atoms. The van der Waals surface area contributed by atoms with Gasteiger partial charge in [0.2, 0.25) is 5.88 Å². The molecule has 4 rings (SSSR count). The van der Waals surface area contributed by atoms with Crippen molar-refractivity contribution >= 4 is 27.9 Å². The average molecular weight is 576 g/mol. The molecule has 2 aromatic carbocycles. The van der Waals surface area contributed by atoms with E-state index in [1.165, 1.54) is 15.5 Å². The van der Waals surface area contributed by atoms with E-state index in [9.17, 15) is 23.2 Å². The quantitative estimate of drug-likeness (QED) is 0.485. The minimum atomic E-state index is -0.754. The first-order chi connectivity index (χ1) is 17.6. The predicted molar refractivity (Wildman–Crippen MR) is 134 cm³/mol. The first-order valence-corrected chi connectivity index (χ1v) is 12.2. The van der Waals surface area contributed by atoms with Crippen molar-refractivity contribution in [2.45, 2.75) is 20.1 Å². The molecule has 194 valence electrons. The van der Waals surface area contributed by atoms with Crippen LogP contribution in [0.3, 0.4) is 0 Å². The summed E-state index contributed by atoms with van der Waals surface area (Å²) in [5.41, 5.74) is 6.29. The number of rotatable bonds is 6. The molecule has 12 heteroatoms. The standard InChI is InChI=1S/C25H24BrF2N5O4/c1-15-30-22(37-14-18-6-7-19(27)12-20(18)28)21(26)24(35)33(15)13-16-2-4-17(5-3-16)23(34)31-8-10-32(11-9-31)25(29)36/h2-7,12H,8-11,13-14H2,1H3,(H2,29,36). The van der Waals surface area contributed by atoms with E-state index in [1.807, 2.05) is 0 Å². The second kappa shape index (κ2) is 11.1. The number of primary amides is 1. The van der Waals surface area contributed by atoms with Gasteiger partial charge in [0.1, 0.15) is 28.5 Å². The Hall–Kier alpha value is -3.80. The Morgan fingerprint density at radius 1 is 1.05 bits per heavy atom. The van der Waals surface area contributed by atoms with E-state index in [0.717, 1.165) is 17.7 Å². The molecule has 0 spiro atoms. The fourth-order valence-electron chi connectivity index (χ4n) is 3.93. The largest absolute Gasteiger partial charge is 0.472 e. The maximum atomic E-state index is 13.9. The van der Waals surface area contributed by atoms with Crippen LogP contribution in [0.4, 0.5) is 13.6 Å². The molecule has 2 N–H and O–H groups in total. The summed E-state index contributed by atoms with van der Waals surface area (Å²) >= 11 is 3.21. The molecule has 2 heterocycles. The Kier molecular flexibility index (Phi) is 7.86. The second-order valence-electron chi connectivity index (χ2n) is 8.51. The molecule has 0 unspecified atom stereocenters. The van der Waals surface area contributed by atoms with E-state index >= 15 is 0 Å². The van der Waals surface area contributed by atoms with Gasteiger partial charge in [-0.2, -0.15) is 4.98 Å². The topological polar surface area (TPSA) is 111 Å². The number of ether oxygens (including phenoxy) is 1.